The van der Waals surface area contributed by atoms with E-state index in [1.54, 1.807) is 18.4 Å². The first-order chi connectivity index (χ1) is 12.8. The highest BCUT2D eigenvalue weighted by Crippen LogP contribution is 2.36. The minimum atomic E-state index is -1.32. The molecule has 1 atom stereocenters. The van der Waals surface area contributed by atoms with Crippen LogP contribution >= 0.6 is 0 Å². The van der Waals surface area contributed by atoms with E-state index in [4.69, 9.17) is 16.2 Å². The topological polar surface area (TPSA) is 151 Å². The molecule has 0 amide bonds. The number of hydrogen-bond donors (Lipinski definition) is 3. The van der Waals surface area contributed by atoms with Gasteiger partial charge in [0, 0.05) is 13.1 Å². The van der Waals surface area contributed by atoms with E-state index in [2.05, 4.69) is 24.9 Å². The van der Waals surface area contributed by atoms with Crippen molar-refractivity contribution in [3.8, 4) is 17.3 Å². The lowest BCUT2D eigenvalue weighted by Crippen LogP contribution is -2.23. The van der Waals surface area contributed by atoms with E-state index in [0.29, 0.717) is 34.8 Å². The Bertz CT molecular complexity index is 948. The molecule has 0 spiro atoms. The third kappa shape index (κ3) is 3.43. The minimum absolute atomic E-state index is 0.0761. The lowest BCUT2D eigenvalue weighted by atomic mass is 10.0. The monoisotopic (exact) mass is 379 g/mol. The van der Waals surface area contributed by atoms with Gasteiger partial charge in [0.2, 0.25) is 0 Å². The maximum Gasteiger partial charge on any atom is 0.199 e. The first kappa shape index (κ1) is 19.0. The third-order valence-electron chi connectivity index (χ3n) is 4.03. The summed E-state index contributed by atoms with van der Waals surface area (Å²) in [5.74, 6) is 0.766. The largest absolute Gasteiger partial charge is 0.487 e. The molecule has 27 heavy (non-hydrogen) atoms. The van der Waals surface area contributed by atoms with Crippen LogP contribution in [-0.4, -0.2) is 49.3 Å². The smallest absolute Gasteiger partial charge is 0.199 e. The molecule has 0 saturated heterocycles. The summed E-state index contributed by atoms with van der Waals surface area (Å²) in [6, 6.07) is 0. The van der Waals surface area contributed by atoms with E-state index in [9.17, 15) is 9.50 Å². The maximum absolute atomic E-state index is 13.6. The number of alkyl halides is 1. The summed E-state index contributed by atoms with van der Waals surface area (Å²) in [6.45, 7) is 5.17. The zero-order chi connectivity index (χ0) is 19.8. The van der Waals surface area contributed by atoms with E-state index in [1.165, 1.54) is 6.20 Å². The second kappa shape index (κ2) is 7.08. The van der Waals surface area contributed by atoms with Crippen LogP contribution in [0.5, 0.6) is 5.75 Å². The Morgan fingerprint density at radius 1 is 1.41 bits per heavy atom. The van der Waals surface area contributed by atoms with Gasteiger partial charge in [-0.05, 0) is 31.1 Å². The normalized spacial score (nSPS) is 13.3. The quantitative estimate of drug-likeness (QED) is 0.545. The van der Waals surface area contributed by atoms with Crippen LogP contribution in [0, 0.1) is 0 Å². The Morgan fingerprint density at radius 2 is 2.15 bits per heavy atom. The number of fused-ring (bicyclic) bond motifs is 1. The van der Waals surface area contributed by atoms with Crippen molar-refractivity contribution >= 4 is 16.9 Å². The fourth-order valence-electron chi connectivity index (χ4n) is 2.75. The molecule has 10 nitrogen and oxygen atoms in total. The summed E-state index contributed by atoms with van der Waals surface area (Å²) < 4.78 is 25.6. The van der Waals surface area contributed by atoms with Crippen LogP contribution in [0.1, 0.15) is 26.5 Å². The molecule has 1 unspecified atom stereocenters. The van der Waals surface area contributed by atoms with E-state index in [1.807, 2.05) is 6.92 Å². The number of ether oxygens (including phenoxy) is 1. The van der Waals surface area contributed by atoms with Crippen LogP contribution in [0.3, 0.4) is 0 Å². The lowest BCUT2D eigenvalue weighted by Gasteiger charge is -2.18. The molecule has 146 valence electrons. The van der Waals surface area contributed by atoms with Crippen molar-refractivity contribution in [2.75, 3.05) is 18.9 Å². The number of imidazole rings is 1. The van der Waals surface area contributed by atoms with Gasteiger partial charge in [-0.15, -0.1) is 0 Å². The molecule has 3 rings (SSSR count). The Hall–Kier alpha value is -2.79. The van der Waals surface area contributed by atoms with Crippen molar-refractivity contribution in [3.63, 3.8) is 0 Å². The van der Waals surface area contributed by atoms with Gasteiger partial charge in [0.25, 0.3) is 0 Å². The lowest BCUT2D eigenvalue weighted by molar-refractivity contribution is 0.0753. The van der Waals surface area contributed by atoms with Gasteiger partial charge in [0.15, 0.2) is 23.1 Å². The van der Waals surface area contributed by atoms with E-state index in [-0.39, 0.29) is 24.7 Å². The molecule has 0 fully saturated rings. The Kier molecular flexibility index (Phi) is 4.98. The van der Waals surface area contributed by atoms with Gasteiger partial charge >= 0.3 is 0 Å². The Balaban J connectivity index is 2.26. The summed E-state index contributed by atoms with van der Waals surface area (Å²) in [7, 11) is 0. The van der Waals surface area contributed by atoms with Gasteiger partial charge in [-0.25, -0.2) is 14.0 Å². The van der Waals surface area contributed by atoms with Crippen molar-refractivity contribution in [1.29, 1.82) is 0 Å². The molecular formula is C16H22FN7O3. The first-order valence-electron chi connectivity index (χ1n) is 8.45. The van der Waals surface area contributed by atoms with Crippen LogP contribution in [-0.2, 0) is 12.1 Å². The number of nitrogen functional groups attached to an aromatic ring is 1. The summed E-state index contributed by atoms with van der Waals surface area (Å²) in [5, 5.41) is 17.9. The number of nitrogens with two attached hydrogens (primary N) is 2. The Morgan fingerprint density at radius 3 is 2.70 bits per heavy atom. The molecule has 3 heterocycles. The zero-order valence-corrected chi connectivity index (χ0v) is 15.3. The fourth-order valence-corrected chi connectivity index (χ4v) is 2.75. The number of nitrogens with zero attached hydrogens (tertiary/aromatic N) is 5. The standard InChI is InChI=1S/C16H22FN7O3/c1-4-24-12-9(26-7-8(17)5-18)6-20-13(16(2,3)25)10(12)21-15(24)11-14(19)23-27-22-11/h6,8,25H,4-5,7,18H2,1-3H3,(H2,19,23). The predicted octanol–water partition coefficient (Wildman–Crippen LogP) is 0.986. The van der Waals surface area contributed by atoms with Gasteiger partial charge in [-0.1, -0.05) is 0 Å². The van der Waals surface area contributed by atoms with Crippen molar-refractivity contribution in [2.45, 2.75) is 39.1 Å². The highest BCUT2D eigenvalue weighted by molar-refractivity contribution is 5.88. The average molecular weight is 379 g/mol. The number of aromatic nitrogens is 5. The fraction of sp³-hybridized carbons (Fsp3) is 0.500. The number of aliphatic hydroxyl groups is 1. The molecule has 0 saturated carbocycles. The van der Waals surface area contributed by atoms with Crippen LogP contribution in [0.4, 0.5) is 10.2 Å². The molecular weight excluding hydrogens is 357 g/mol. The minimum Gasteiger partial charge on any atom is -0.487 e. The highest BCUT2D eigenvalue weighted by Gasteiger charge is 2.29. The van der Waals surface area contributed by atoms with Crippen molar-refractivity contribution in [2.24, 2.45) is 5.73 Å². The van der Waals surface area contributed by atoms with Crippen LogP contribution in [0.15, 0.2) is 10.8 Å². The van der Waals surface area contributed by atoms with E-state index in [0.717, 1.165) is 0 Å². The SMILES string of the molecule is CCn1c(-c2nonc2N)nc2c(C(C)(C)O)ncc(OCC(F)CN)c21. The second-order valence-electron chi connectivity index (χ2n) is 6.55. The molecule has 0 aliphatic heterocycles. The first-order valence-corrected chi connectivity index (χ1v) is 8.45. The number of anilines is 1. The average Bonchev–Trinajstić information content (AvgIpc) is 3.21. The molecule has 11 heteroatoms. The summed E-state index contributed by atoms with van der Waals surface area (Å²) >= 11 is 0. The summed E-state index contributed by atoms with van der Waals surface area (Å²) in [4.78, 5) is 8.84. The Labute approximate surface area is 154 Å². The zero-order valence-electron chi connectivity index (χ0n) is 15.3. The van der Waals surface area contributed by atoms with Crippen molar-refractivity contribution in [1.82, 2.24) is 24.8 Å². The second-order valence-corrected chi connectivity index (χ2v) is 6.55. The van der Waals surface area contributed by atoms with Gasteiger partial charge in [-0.3, -0.25) is 4.98 Å². The van der Waals surface area contributed by atoms with E-state index < -0.39 is 11.8 Å². The number of pyridine rings is 1. The van der Waals surface area contributed by atoms with Crippen molar-refractivity contribution < 1.29 is 18.9 Å². The molecule has 0 radical (unpaired) electrons. The number of halogens is 1. The third-order valence-corrected chi connectivity index (χ3v) is 4.03. The van der Waals surface area contributed by atoms with Gasteiger partial charge in [-0.2, -0.15) is 0 Å². The maximum atomic E-state index is 13.6. The summed E-state index contributed by atoms with van der Waals surface area (Å²) in [5.41, 5.74) is 11.4. The summed E-state index contributed by atoms with van der Waals surface area (Å²) in [6.07, 6.45) is 0.114. The molecule has 0 bridgehead atoms. The molecule has 5 N–H and O–H groups in total. The molecule has 3 aromatic heterocycles. The van der Waals surface area contributed by atoms with Gasteiger partial charge in [0.05, 0.1) is 11.9 Å². The van der Waals surface area contributed by atoms with Crippen LogP contribution in [0.25, 0.3) is 22.6 Å². The molecule has 0 aliphatic carbocycles. The molecule has 0 aliphatic rings. The van der Waals surface area contributed by atoms with Crippen molar-refractivity contribution in [3.05, 3.63) is 11.9 Å². The van der Waals surface area contributed by atoms with Gasteiger partial charge < -0.3 is 25.9 Å². The number of hydrogen-bond acceptors (Lipinski definition) is 9. The molecule has 3 aromatic rings. The van der Waals surface area contributed by atoms with Crippen LogP contribution in [0.2, 0.25) is 0 Å². The molecule has 0 aromatic carbocycles. The number of rotatable bonds is 7. The van der Waals surface area contributed by atoms with E-state index >= 15 is 0 Å². The van der Waals surface area contributed by atoms with Gasteiger partial charge in [0.1, 0.15) is 29.4 Å². The highest BCUT2D eigenvalue weighted by atomic mass is 19.1. The predicted molar refractivity (Wildman–Crippen MR) is 95.6 cm³/mol. The number of aryl methyl sites for hydroxylation is 1. The van der Waals surface area contributed by atoms with Crippen LogP contribution < -0.4 is 16.2 Å².